The van der Waals surface area contributed by atoms with Crippen LogP contribution in [0.1, 0.15) is 17.7 Å². The summed E-state index contributed by atoms with van der Waals surface area (Å²) in [5, 5.41) is 7.84. The number of carbonyl (C=O) groups excluding carboxylic acids is 2. The second-order valence-corrected chi connectivity index (χ2v) is 5.89. The molecule has 0 radical (unpaired) electrons. The molecule has 0 bridgehead atoms. The third-order valence-electron chi connectivity index (χ3n) is 3.51. The van der Waals surface area contributed by atoms with Crippen LogP contribution in [-0.2, 0) is 16.0 Å². The molecule has 0 aliphatic carbocycles. The molecule has 2 heterocycles. The first kappa shape index (κ1) is 15.0. The van der Waals surface area contributed by atoms with Gasteiger partial charge in [-0.15, -0.1) is 11.3 Å². The molecule has 20 heavy (non-hydrogen) atoms. The predicted octanol–water partition coefficient (Wildman–Crippen LogP) is 0.617. The summed E-state index contributed by atoms with van der Waals surface area (Å²) in [4.78, 5) is 27.1. The minimum atomic E-state index is -0.372. The van der Waals surface area contributed by atoms with E-state index in [4.69, 9.17) is 0 Å². The van der Waals surface area contributed by atoms with Gasteiger partial charge in [0.1, 0.15) is 6.04 Å². The Morgan fingerprint density at radius 1 is 1.55 bits per heavy atom. The summed E-state index contributed by atoms with van der Waals surface area (Å²) >= 11 is 1.72. The summed E-state index contributed by atoms with van der Waals surface area (Å²) in [6.45, 7) is 1.90. The molecule has 0 saturated carbocycles. The lowest BCUT2D eigenvalue weighted by Crippen LogP contribution is -2.59. The molecular formula is C14H21N3O2S. The van der Waals surface area contributed by atoms with Crippen molar-refractivity contribution in [1.82, 2.24) is 15.5 Å². The molecule has 1 aliphatic rings. The minimum Gasteiger partial charge on any atom is -0.357 e. The van der Waals surface area contributed by atoms with Gasteiger partial charge in [0.15, 0.2) is 0 Å². The highest BCUT2D eigenvalue weighted by atomic mass is 32.1. The van der Waals surface area contributed by atoms with Crippen LogP contribution in [-0.4, -0.2) is 49.4 Å². The van der Waals surface area contributed by atoms with Gasteiger partial charge < -0.3 is 15.5 Å². The van der Waals surface area contributed by atoms with Gasteiger partial charge in [0.2, 0.25) is 11.8 Å². The highest BCUT2D eigenvalue weighted by Crippen LogP contribution is 2.14. The van der Waals surface area contributed by atoms with Crippen LogP contribution in [0.4, 0.5) is 0 Å². The molecule has 1 unspecified atom stereocenters. The minimum absolute atomic E-state index is 0.0802. The van der Waals surface area contributed by atoms with Crippen molar-refractivity contribution in [3.63, 3.8) is 0 Å². The standard InChI is InChI=1S/C14H21N3O2S/c1-15-14(19)12-10-16-7-8-17(12)13(18)6-2-4-11-5-3-9-20-11/h3,5,9,12,16H,2,4,6-8,10H2,1H3,(H,15,19). The van der Waals surface area contributed by atoms with E-state index in [1.165, 1.54) is 4.88 Å². The summed E-state index contributed by atoms with van der Waals surface area (Å²) < 4.78 is 0. The molecule has 1 saturated heterocycles. The molecular weight excluding hydrogens is 274 g/mol. The Balaban J connectivity index is 1.84. The van der Waals surface area contributed by atoms with Crippen LogP contribution in [0.15, 0.2) is 17.5 Å². The van der Waals surface area contributed by atoms with Crippen LogP contribution < -0.4 is 10.6 Å². The van der Waals surface area contributed by atoms with Gasteiger partial charge in [-0.1, -0.05) is 6.07 Å². The van der Waals surface area contributed by atoms with Gasteiger partial charge in [-0.05, 0) is 24.3 Å². The molecule has 6 heteroatoms. The Morgan fingerprint density at radius 3 is 3.10 bits per heavy atom. The second-order valence-electron chi connectivity index (χ2n) is 4.85. The number of piperazine rings is 1. The number of hydrogen-bond donors (Lipinski definition) is 2. The monoisotopic (exact) mass is 295 g/mol. The number of hydrogen-bond acceptors (Lipinski definition) is 4. The summed E-state index contributed by atoms with van der Waals surface area (Å²) in [5.41, 5.74) is 0. The van der Waals surface area contributed by atoms with Crippen molar-refractivity contribution in [1.29, 1.82) is 0 Å². The van der Waals surface area contributed by atoms with Gasteiger partial charge in [0, 0.05) is 38.0 Å². The Bertz CT molecular complexity index is 447. The zero-order valence-electron chi connectivity index (χ0n) is 11.7. The van der Waals surface area contributed by atoms with Crippen LogP contribution in [0.3, 0.4) is 0 Å². The average molecular weight is 295 g/mol. The van der Waals surface area contributed by atoms with Crippen molar-refractivity contribution in [2.75, 3.05) is 26.7 Å². The number of amides is 2. The predicted molar refractivity (Wildman–Crippen MR) is 79.7 cm³/mol. The van der Waals surface area contributed by atoms with E-state index in [0.717, 1.165) is 19.4 Å². The smallest absolute Gasteiger partial charge is 0.243 e. The van der Waals surface area contributed by atoms with E-state index in [1.807, 2.05) is 6.07 Å². The van der Waals surface area contributed by atoms with Crippen molar-refractivity contribution in [3.8, 4) is 0 Å². The molecule has 1 fully saturated rings. The number of nitrogens with zero attached hydrogens (tertiary/aromatic N) is 1. The summed E-state index contributed by atoms with van der Waals surface area (Å²) in [6, 6.07) is 3.75. The van der Waals surface area contributed by atoms with Gasteiger partial charge >= 0.3 is 0 Å². The highest BCUT2D eigenvalue weighted by molar-refractivity contribution is 7.09. The fourth-order valence-electron chi connectivity index (χ4n) is 2.42. The van der Waals surface area contributed by atoms with Crippen LogP contribution in [0, 0.1) is 0 Å². The van der Waals surface area contributed by atoms with Crippen LogP contribution in [0.5, 0.6) is 0 Å². The first-order chi connectivity index (χ1) is 9.72. The van der Waals surface area contributed by atoms with Crippen molar-refractivity contribution < 1.29 is 9.59 Å². The molecule has 110 valence electrons. The number of aryl methyl sites for hydroxylation is 1. The van der Waals surface area contributed by atoms with E-state index in [-0.39, 0.29) is 17.9 Å². The lowest BCUT2D eigenvalue weighted by atomic mass is 10.1. The number of rotatable bonds is 5. The van der Waals surface area contributed by atoms with Crippen molar-refractivity contribution in [2.24, 2.45) is 0 Å². The number of nitrogens with one attached hydrogen (secondary N) is 2. The lowest BCUT2D eigenvalue weighted by molar-refractivity contribution is -0.141. The Hall–Kier alpha value is -1.40. The Kier molecular flexibility index (Phi) is 5.55. The molecule has 1 aliphatic heterocycles. The van der Waals surface area contributed by atoms with E-state index in [1.54, 1.807) is 23.3 Å². The lowest BCUT2D eigenvalue weighted by Gasteiger charge is -2.35. The van der Waals surface area contributed by atoms with Gasteiger partial charge in [-0.25, -0.2) is 0 Å². The van der Waals surface area contributed by atoms with E-state index < -0.39 is 0 Å². The van der Waals surface area contributed by atoms with Crippen molar-refractivity contribution in [2.45, 2.75) is 25.3 Å². The van der Waals surface area contributed by atoms with Gasteiger partial charge in [0.25, 0.3) is 0 Å². The summed E-state index contributed by atoms with van der Waals surface area (Å²) in [7, 11) is 1.61. The number of carbonyl (C=O) groups is 2. The molecule has 1 aromatic heterocycles. The second kappa shape index (κ2) is 7.40. The van der Waals surface area contributed by atoms with Crippen molar-refractivity contribution >= 4 is 23.2 Å². The maximum atomic E-state index is 12.3. The summed E-state index contributed by atoms with van der Waals surface area (Å²) in [5.74, 6) is -0.0135. The Labute approximate surface area is 123 Å². The zero-order chi connectivity index (χ0) is 14.4. The third-order valence-corrected chi connectivity index (χ3v) is 4.44. The number of likely N-dealkylation sites (N-methyl/N-ethyl adjacent to an activating group) is 1. The van der Waals surface area contributed by atoms with E-state index in [0.29, 0.717) is 19.5 Å². The molecule has 1 aromatic rings. The average Bonchev–Trinajstić information content (AvgIpc) is 2.99. The molecule has 5 nitrogen and oxygen atoms in total. The fourth-order valence-corrected chi connectivity index (χ4v) is 3.17. The van der Waals surface area contributed by atoms with Crippen molar-refractivity contribution in [3.05, 3.63) is 22.4 Å². The molecule has 1 atom stereocenters. The quantitative estimate of drug-likeness (QED) is 0.837. The molecule has 0 aromatic carbocycles. The van der Waals surface area contributed by atoms with Gasteiger partial charge in [0.05, 0.1) is 0 Å². The summed E-state index contributed by atoms with van der Waals surface area (Å²) in [6.07, 6.45) is 2.27. The first-order valence-corrected chi connectivity index (χ1v) is 7.84. The maximum Gasteiger partial charge on any atom is 0.243 e. The normalized spacial score (nSPS) is 18.9. The van der Waals surface area contributed by atoms with E-state index in [9.17, 15) is 9.59 Å². The SMILES string of the molecule is CNC(=O)C1CNCCN1C(=O)CCCc1cccs1. The topological polar surface area (TPSA) is 61.4 Å². The molecule has 2 N–H and O–H groups in total. The highest BCUT2D eigenvalue weighted by Gasteiger charge is 2.30. The van der Waals surface area contributed by atoms with E-state index >= 15 is 0 Å². The third kappa shape index (κ3) is 3.80. The Morgan fingerprint density at radius 2 is 2.40 bits per heavy atom. The number of thiophene rings is 1. The van der Waals surface area contributed by atoms with Gasteiger partial charge in [-0.2, -0.15) is 0 Å². The zero-order valence-corrected chi connectivity index (χ0v) is 12.5. The van der Waals surface area contributed by atoms with Crippen LogP contribution in [0.25, 0.3) is 0 Å². The maximum absolute atomic E-state index is 12.3. The largest absolute Gasteiger partial charge is 0.357 e. The molecule has 0 spiro atoms. The first-order valence-electron chi connectivity index (χ1n) is 6.96. The van der Waals surface area contributed by atoms with Crippen LogP contribution >= 0.6 is 11.3 Å². The van der Waals surface area contributed by atoms with Crippen LogP contribution in [0.2, 0.25) is 0 Å². The van der Waals surface area contributed by atoms with Gasteiger partial charge in [-0.3, -0.25) is 9.59 Å². The molecule has 2 rings (SSSR count). The van der Waals surface area contributed by atoms with E-state index in [2.05, 4.69) is 22.1 Å². The molecule has 2 amide bonds. The fraction of sp³-hybridized carbons (Fsp3) is 0.571.